The number of aliphatic hydroxyl groups is 1. The van der Waals surface area contributed by atoms with Crippen molar-refractivity contribution >= 4 is 0 Å². The van der Waals surface area contributed by atoms with E-state index in [1.807, 2.05) is 19.1 Å². The average molecular weight is 301 g/mol. The van der Waals surface area contributed by atoms with Crippen LogP contribution in [0.2, 0.25) is 0 Å². The van der Waals surface area contributed by atoms with E-state index in [-0.39, 0.29) is 12.2 Å². The number of aromatic nitrogens is 1. The van der Waals surface area contributed by atoms with Crippen molar-refractivity contribution in [3.63, 3.8) is 0 Å². The molecule has 0 unspecified atom stereocenters. The molecule has 4 nitrogen and oxygen atoms in total. The third kappa shape index (κ3) is 3.57. The molecule has 1 fully saturated rings. The lowest BCUT2D eigenvalue weighted by Gasteiger charge is -2.25. The third-order valence-electron chi connectivity index (χ3n) is 4.25. The van der Waals surface area contributed by atoms with Crippen molar-refractivity contribution in [2.24, 2.45) is 0 Å². The van der Waals surface area contributed by atoms with E-state index in [9.17, 15) is 5.11 Å². The Morgan fingerprint density at radius 1 is 1.23 bits per heavy atom. The molecule has 4 heteroatoms. The molecule has 1 N–H and O–H groups in total. The number of aryl methyl sites for hydroxylation is 2. The van der Waals surface area contributed by atoms with E-state index in [0.717, 1.165) is 42.7 Å². The van der Waals surface area contributed by atoms with Crippen molar-refractivity contribution in [3.05, 3.63) is 41.3 Å². The maximum atomic E-state index is 9.69. The summed E-state index contributed by atoms with van der Waals surface area (Å²) < 4.78 is 11.7. The Kier molecular flexibility index (Phi) is 4.60. The zero-order valence-electron chi connectivity index (χ0n) is 13.2. The summed E-state index contributed by atoms with van der Waals surface area (Å²) in [5.41, 5.74) is 3.04. The second kappa shape index (κ2) is 6.63. The molecular formula is C18H23NO3. The minimum atomic E-state index is -0.222. The van der Waals surface area contributed by atoms with Crippen LogP contribution in [0.1, 0.15) is 42.7 Å². The molecule has 1 heterocycles. The fourth-order valence-corrected chi connectivity index (χ4v) is 2.85. The fraction of sp³-hybridized carbons (Fsp3) is 0.500. The molecule has 1 aromatic carbocycles. The van der Waals surface area contributed by atoms with Crippen LogP contribution in [-0.4, -0.2) is 22.3 Å². The predicted molar refractivity (Wildman–Crippen MR) is 84.5 cm³/mol. The molecule has 1 aromatic heterocycles. The first-order valence-corrected chi connectivity index (χ1v) is 7.95. The quantitative estimate of drug-likeness (QED) is 0.933. The van der Waals surface area contributed by atoms with Crippen LogP contribution in [0.15, 0.2) is 28.7 Å². The van der Waals surface area contributed by atoms with Crippen molar-refractivity contribution in [2.45, 2.75) is 58.3 Å². The first kappa shape index (κ1) is 15.3. The fourth-order valence-electron chi connectivity index (χ4n) is 2.85. The van der Waals surface area contributed by atoms with Crippen LogP contribution in [0.5, 0.6) is 0 Å². The molecule has 118 valence electrons. The van der Waals surface area contributed by atoms with E-state index in [1.165, 1.54) is 5.56 Å². The molecule has 2 atom stereocenters. The number of oxazole rings is 1. The van der Waals surface area contributed by atoms with Gasteiger partial charge in [0, 0.05) is 5.56 Å². The second-order valence-corrected chi connectivity index (χ2v) is 6.14. The number of hydrogen-bond donors (Lipinski definition) is 1. The SMILES string of the molecule is Cc1ccc(-c2nc(CO[C@@H]3CCC[C@H](O)C3)c(C)o2)cc1. The Morgan fingerprint density at radius 3 is 2.73 bits per heavy atom. The van der Waals surface area contributed by atoms with E-state index in [1.54, 1.807) is 0 Å². The van der Waals surface area contributed by atoms with E-state index < -0.39 is 0 Å². The lowest BCUT2D eigenvalue weighted by molar-refractivity contribution is -0.0240. The summed E-state index contributed by atoms with van der Waals surface area (Å²) in [7, 11) is 0. The minimum absolute atomic E-state index is 0.127. The minimum Gasteiger partial charge on any atom is -0.441 e. The van der Waals surface area contributed by atoms with Crippen LogP contribution in [0.4, 0.5) is 0 Å². The summed E-state index contributed by atoms with van der Waals surface area (Å²) in [5.74, 6) is 1.44. The van der Waals surface area contributed by atoms with Crippen LogP contribution in [0.3, 0.4) is 0 Å². The van der Waals surface area contributed by atoms with Crippen LogP contribution < -0.4 is 0 Å². The Bertz CT molecular complexity index is 618. The highest BCUT2D eigenvalue weighted by molar-refractivity contribution is 5.54. The number of rotatable bonds is 4. The molecule has 0 bridgehead atoms. The van der Waals surface area contributed by atoms with Crippen molar-refractivity contribution in [2.75, 3.05) is 0 Å². The zero-order valence-corrected chi connectivity index (χ0v) is 13.2. The Morgan fingerprint density at radius 2 is 2.00 bits per heavy atom. The number of benzene rings is 1. The van der Waals surface area contributed by atoms with E-state index in [2.05, 4.69) is 24.0 Å². The Labute approximate surface area is 131 Å². The van der Waals surface area contributed by atoms with Gasteiger partial charge in [0.05, 0.1) is 18.8 Å². The molecule has 3 rings (SSSR count). The summed E-state index contributed by atoms with van der Waals surface area (Å²) in [5, 5.41) is 9.69. The van der Waals surface area contributed by atoms with Gasteiger partial charge in [-0.05, 0) is 51.7 Å². The van der Waals surface area contributed by atoms with Crippen molar-refractivity contribution in [1.29, 1.82) is 0 Å². The summed E-state index contributed by atoms with van der Waals surface area (Å²) >= 11 is 0. The van der Waals surface area contributed by atoms with Crippen LogP contribution in [0.25, 0.3) is 11.5 Å². The Balaban J connectivity index is 1.66. The molecule has 22 heavy (non-hydrogen) atoms. The van der Waals surface area contributed by atoms with Gasteiger partial charge in [0.1, 0.15) is 11.5 Å². The topological polar surface area (TPSA) is 55.5 Å². The highest BCUT2D eigenvalue weighted by Crippen LogP contribution is 2.25. The molecule has 0 radical (unpaired) electrons. The van der Waals surface area contributed by atoms with E-state index in [0.29, 0.717) is 12.5 Å². The maximum Gasteiger partial charge on any atom is 0.226 e. The molecule has 0 amide bonds. The van der Waals surface area contributed by atoms with Gasteiger partial charge in [-0.3, -0.25) is 0 Å². The van der Waals surface area contributed by atoms with Crippen molar-refractivity contribution < 1.29 is 14.3 Å². The number of nitrogens with zero attached hydrogens (tertiary/aromatic N) is 1. The number of ether oxygens (including phenoxy) is 1. The van der Waals surface area contributed by atoms with E-state index in [4.69, 9.17) is 9.15 Å². The lowest BCUT2D eigenvalue weighted by atomic mass is 9.95. The first-order chi connectivity index (χ1) is 10.6. The maximum absolute atomic E-state index is 9.69. The average Bonchev–Trinajstić information content (AvgIpc) is 2.87. The predicted octanol–water partition coefficient (Wildman–Crippen LogP) is 3.78. The smallest absolute Gasteiger partial charge is 0.226 e. The molecule has 1 aliphatic rings. The summed E-state index contributed by atoms with van der Waals surface area (Å²) in [6, 6.07) is 8.13. The van der Waals surface area contributed by atoms with Gasteiger partial charge in [-0.15, -0.1) is 0 Å². The van der Waals surface area contributed by atoms with E-state index >= 15 is 0 Å². The van der Waals surface area contributed by atoms with Gasteiger partial charge in [0.2, 0.25) is 5.89 Å². The lowest BCUT2D eigenvalue weighted by Crippen LogP contribution is -2.25. The summed E-state index contributed by atoms with van der Waals surface area (Å²) in [4.78, 5) is 4.56. The molecule has 1 saturated carbocycles. The summed E-state index contributed by atoms with van der Waals surface area (Å²) in [6.07, 6.45) is 3.56. The van der Waals surface area contributed by atoms with Crippen LogP contribution >= 0.6 is 0 Å². The van der Waals surface area contributed by atoms with Gasteiger partial charge >= 0.3 is 0 Å². The van der Waals surface area contributed by atoms with Crippen molar-refractivity contribution in [1.82, 2.24) is 4.98 Å². The first-order valence-electron chi connectivity index (χ1n) is 7.95. The van der Waals surface area contributed by atoms with Crippen LogP contribution in [-0.2, 0) is 11.3 Å². The van der Waals surface area contributed by atoms with Gasteiger partial charge in [0.15, 0.2) is 0 Å². The van der Waals surface area contributed by atoms with Gasteiger partial charge in [-0.2, -0.15) is 0 Å². The molecule has 0 saturated heterocycles. The highest BCUT2D eigenvalue weighted by Gasteiger charge is 2.21. The van der Waals surface area contributed by atoms with Crippen LogP contribution in [0, 0.1) is 13.8 Å². The Hall–Kier alpha value is -1.65. The summed E-state index contributed by atoms with van der Waals surface area (Å²) in [6.45, 7) is 4.42. The van der Waals surface area contributed by atoms with Gasteiger partial charge in [0.25, 0.3) is 0 Å². The highest BCUT2D eigenvalue weighted by atomic mass is 16.5. The van der Waals surface area contributed by atoms with Crippen molar-refractivity contribution in [3.8, 4) is 11.5 Å². The van der Waals surface area contributed by atoms with Gasteiger partial charge < -0.3 is 14.3 Å². The normalized spacial score (nSPS) is 22.0. The number of aliphatic hydroxyl groups excluding tert-OH is 1. The molecule has 0 aliphatic heterocycles. The molecule has 0 spiro atoms. The largest absolute Gasteiger partial charge is 0.441 e. The standard InChI is InChI=1S/C18H23NO3/c1-12-6-8-14(9-7-12)18-19-17(13(2)22-18)11-21-16-5-3-4-15(20)10-16/h6-9,15-16,20H,3-5,10-11H2,1-2H3/t15-,16+/m0/s1. The van der Waals surface area contributed by atoms with Gasteiger partial charge in [-0.25, -0.2) is 4.98 Å². The monoisotopic (exact) mass is 301 g/mol. The molecule has 2 aromatic rings. The molecule has 1 aliphatic carbocycles. The number of hydrogen-bond acceptors (Lipinski definition) is 4. The molecular weight excluding hydrogens is 278 g/mol. The zero-order chi connectivity index (χ0) is 15.5. The third-order valence-corrected chi connectivity index (χ3v) is 4.25. The second-order valence-electron chi connectivity index (χ2n) is 6.14. The van der Waals surface area contributed by atoms with Gasteiger partial charge in [-0.1, -0.05) is 17.7 Å².